The number of esters is 1. The van der Waals surface area contributed by atoms with Crippen molar-refractivity contribution in [3.05, 3.63) is 17.5 Å². The van der Waals surface area contributed by atoms with Gasteiger partial charge in [-0.25, -0.2) is 14.5 Å². The predicted octanol–water partition coefficient (Wildman–Crippen LogP) is 1.70. The van der Waals surface area contributed by atoms with E-state index in [4.69, 9.17) is 14.6 Å². The van der Waals surface area contributed by atoms with E-state index in [1.807, 2.05) is 6.92 Å². The second-order valence-electron chi connectivity index (χ2n) is 4.74. The molecule has 0 saturated carbocycles. The smallest absolute Gasteiger partial charge is 0.343 e. The molecular formula is C15H21N3O4. The second-order valence-corrected chi connectivity index (χ2v) is 4.74. The third kappa shape index (κ3) is 3.04. The molecule has 0 atom stereocenters. The van der Waals surface area contributed by atoms with Crippen molar-refractivity contribution in [3.8, 4) is 5.75 Å². The molecule has 2 aromatic heterocycles. The average molecular weight is 307 g/mol. The highest BCUT2D eigenvalue weighted by Crippen LogP contribution is 2.31. The topological polar surface area (TPSA) is 86.5 Å². The van der Waals surface area contributed by atoms with E-state index in [0.717, 1.165) is 0 Å². The maximum Gasteiger partial charge on any atom is 0.343 e. The fourth-order valence-corrected chi connectivity index (χ4v) is 2.29. The molecule has 120 valence electrons. The van der Waals surface area contributed by atoms with Gasteiger partial charge in [0.05, 0.1) is 30.5 Å². The average Bonchev–Trinajstić information content (AvgIpc) is 2.88. The first-order valence-electron chi connectivity index (χ1n) is 7.40. The van der Waals surface area contributed by atoms with E-state index in [-0.39, 0.29) is 13.2 Å². The lowest BCUT2D eigenvalue weighted by Gasteiger charge is -2.13. The Bertz CT molecular complexity index is 666. The first-order chi connectivity index (χ1) is 10.6. The number of ether oxygens (including phenoxy) is 2. The van der Waals surface area contributed by atoms with Crippen LogP contribution in [0, 0.1) is 6.92 Å². The van der Waals surface area contributed by atoms with Crippen LogP contribution in [-0.4, -0.2) is 45.7 Å². The van der Waals surface area contributed by atoms with Gasteiger partial charge in [0.15, 0.2) is 5.65 Å². The maximum absolute atomic E-state index is 12.2. The van der Waals surface area contributed by atoms with E-state index in [1.165, 1.54) is 0 Å². The number of aliphatic hydroxyl groups excluding tert-OH is 1. The van der Waals surface area contributed by atoms with Gasteiger partial charge in [0.25, 0.3) is 0 Å². The molecule has 0 unspecified atom stereocenters. The van der Waals surface area contributed by atoms with E-state index in [2.05, 4.69) is 10.1 Å². The van der Waals surface area contributed by atoms with Crippen LogP contribution in [-0.2, 0) is 11.3 Å². The minimum Gasteiger partial charge on any atom is -0.492 e. The monoisotopic (exact) mass is 307 g/mol. The molecule has 2 heterocycles. The van der Waals surface area contributed by atoms with Crippen LogP contribution in [0.25, 0.3) is 11.0 Å². The Balaban J connectivity index is 2.59. The summed E-state index contributed by atoms with van der Waals surface area (Å²) in [7, 11) is 0. The summed E-state index contributed by atoms with van der Waals surface area (Å²) in [6, 6.07) is 0. The van der Waals surface area contributed by atoms with Crippen molar-refractivity contribution in [2.24, 2.45) is 0 Å². The van der Waals surface area contributed by atoms with Crippen molar-refractivity contribution in [1.29, 1.82) is 0 Å². The molecule has 0 bridgehead atoms. The first-order valence-corrected chi connectivity index (χ1v) is 7.40. The Kier molecular flexibility index (Phi) is 5.32. The van der Waals surface area contributed by atoms with Gasteiger partial charge in [0, 0.05) is 13.2 Å². The predicted molar refractivity (Wildman–Crippen MR) is 81.1 cm³/mol. The minimum atomic E-state index is -0.444. The van der Waals surface area contributed by atoms with Gasteiger partial charge >= 0.3 is 5.97 Å². The summed E-state index contributed by atoms with van der Waals surface area (Å²) in [6.45, 7) is 6.71. The fraction of sp³-hybridized carbons (Fsp3) is 0.533. The number of aryl methyl sites for hydroxylation is 2. The maximum atomic E-state index is 12.2. The third-order valence-corrected chi connectivity index (χ3v) is 3.21. The highest BCUT2D eigenvalue weighted by molar-refractivity contribution is 6.00. The van der Waals surface area contributed by atoms with E-state index in [1.54, 1.807) is 24.7 Å². The number of hydrogen-bond donors (Lipinski definition) is 1. The highest BCUT2D eigenvalue weighted by Gasteiger charge is 2.23. The van der Waals surface area contributed by atoms with E-state index in [9.17, 15) is 4.79 Å². The molecule has 0 saturated heterocycles. The summed E-state index contributed by atoms with van der Waals surface area (Å²) < 4.78 is 12.5. The molecule has 7 nitrogen and oxygen atoms in total. The third-order valence-electron chi connectivity index (χ3n) is 3.21. The number of nitrogens with zero attached hydrogens (tertiary/aromatic N) is 3. The van der Waals surface area contributed by atoms with Crippen LogP contribution >= 0.6 is 0 Å². The summed E-state index contributed by atoms with van der Waals surface area (Å²) in [6.07, 6.45) is 2.22. The molecule has 2 aromatic rings. The Morgan fingerprint density at radius 3 is 2.77 bits per heavy atom. The van der Waals surface area contributed by atoms with Crippen molar-refractivity contribution >= 4 is 17.0 Å². The van der Waals surface area contributed by atoms with Crippen LogP contribution in [0.1, 0.15) is 36.3 Å². The van der Waals surface area contributed by atoms with Crippen LogP contribution in [0.15, 0.2) is 6.20 Å². The number of aromatic nitrogens is 3. The Labute approximate surface area is 128 Å². The number of carbonyl (C=O) groups excluding carboxylic acids is 1. The number of fused-ring (bicyclic) bond motifs is 1. The molecule has 0 radical (unpaired) electrons. The molecule has 7 heteroatoms. The van der Waals surface area contributed by atoms with E-state index < -0.39 is 5.97 Å². The molecule has 0 aliphatic carbocycles. The standard InChI is InChI=1S/C15H21N3O4/c1-4-21-13-11-9-16-18(7-6-8-19)14(11)17-10(3)12(13)15(20)22-5-2/h9,19H,4-8H2,1-3H3. The molecule has 0 aromatic carbocycles. The Morgan fingerprint density at radius 2 is 2.14 bits per heavy atom. The summed E-state index contributed by atoms with van der Waals surface area (Å²) in [5, 5.41) is 13.9. The van der Waals surface area contributed by atoms with Crippen molar-refractivity contribution in [2.75, 3.05) is 19.8 Å². The quantitative estimate of drug-likeness (QED) is 0.783. The summed E-state index contributed by atoms with van der Waals surface area (Å²) >= 11 is 0. The van der Waals surface area contributed by atoms with Gasteiger partial charge < -0.3 is 14.6 Å². The zero-order valence-electron chi connectivity index (χ0n) is 13.1. The molecule has 0 aliphatic rings. The molecule has 0 amide bonds. The normalized spacial score (nSPS) is 10.9. The number of rotatable bonds is 7. The van der Waals surface area contributed by atoms with Gasteiger partial charge in [-0.05, 0) is 27.2 Å². The molecule has 1 N–H and O–H groups in total. The number of hydrogen-bond acceptors (Lipinski definition) is 6. The largest absolute Gasteiger partial charge is 0.492 e. The molecule has 22 heavy (non-hydrogen) atoms. The highest BCUT2D eigenvalue weighted by atomic mass is 16.5. The van der Waals surface area contributed by atoms with Crippen molar-refractivity contribution < 1.29 is 19.4 Å². The first kappa shape index (κ1) is 16.2. The Morgan fingerprint density at radius 1 is 1.36 bits per heavy atom. The molecule has 0 fully saturated rings. The van der Waals surface area contributed by atoms with Gasteiger partial charge in [-0.1, -0.05) is 0 Å². The molecular weight excluding hydrogens is 286 g/mol. The second kappa shape index (κ2) is 7.22. The van der Waals surface area contributed by atoms with Crippen molar-refractivity contribution in [1.82, 2.24) is 14.8 Å². The van der Waals surface area contributed by atoms with E-state index >= 15 is 0 Å². The lowest BCUT2D eigenvalue weighted by Crippen LogP contribution is -2.12. The van der Waals surface area contributed by atoms with Crippen LogP contribution in [0.2, 0.25) is 0 Å². The lowest BCUT2D eigenvalue weighted by molar-refractivity contribution is 0.0521. The summed E-state index contributed by atoms with van der Waals surface area (Å²) in [4.78, 5) is 16.7. The minimum absolute atomic E-state index is 0.0829. The van der Waals surface area contributed by atoms with Gasteiger partial charge in [0.2, 0.25) is 0 Å². The van der Waals surface area contributed by atoms with E-state index in [0.29, 0.717) is 47.6 Å². The van der Waals surface area contributed by atoms with Crippen LogP contribution in [0.4, 0.5) is 0 Å². The molecule has 0 aliphatic heterocycles. The van der Waals surface area contributed by atoms with Crippen molar-refractivity contribution in [2.45, 2.75) is 33.7 Å². The SMILES string of the molecule is CCOC(=O)c1c(C)nc2c(cnn2CCCO)c1OCC. The van der Waals surface area contributed by atoms with Gasteiger partial charge in [-0.15, -0.1) is 0 Å². The zero-order valence-corrected chi connectivity index (χ0v) is 13.1. The number of aliphatic hydroxyl groups is 1. The Hall–Kier alpha value is -2.15. The van der Waals surface area contributed by atoms with Crippen LogP contribution in [0.3, 0.4) is 0 Å². The molecule has 2 rings (SSSR count). The van der Waals surface area contributed by atoms with Crippen LogP contribution in [0.5, 0.6) is 5.75 Å². The lowest BCUT2D eigenvalue weighted by atomic mass is 10.1. The fourth-order valence-electron chi connectivity index (χ4n) is 2.29. The number of carbonyl (C=O) groups is 1. The van der Waals surface area contributed by atoms with Gasteiger partial charge in [-0.3, -0.25) is 0 Å². The summed E-state index contributed by atoms with van der Waals surface area (Å²) in [5.41, 5.74) is 1.53. The number of pyridine rings is 1. The van der Waals surface area contributed by atoms with Gasteiger partial charge in [-0.2, -0.15) is 5.10 Å². The van der Waals surface area contributed by atoms with Gasteiger partial charge in [0.1, 0.15) is 11.3 Å². The zero-order chi connectivity index (χ0) is 16.1. The molecule has 0 spiro atoms. The van der Waals surface area contributed by atoms with Crippen LogP contribution < -0.4 is 4.74 Å². The summed E-state index contributed by atoms with van der Waals surface area (Å²) in [5.74, 6) is 0.0136. The van der Waals surface area contributed by atoms with Crippen molar-refractivity contribution in [3.63, 3.8) is 0 Å².